The van der Waals surface area contributed by atoms with Gasteiger partial charge in [0.1, 0.15) is 0 Å². The molecule has 84 valence electrons. The summed E-state index contributed by atoms with van der Waals surface area (Å²) in [6.45, 7) is 6.74. The van der Waals surface area contributed by atoms with Crippen LogP contribution in [0.5, 0.6) is 0 Å². The molecule has 0 saturated heterocycles. The number of aromatic nitrogens is 2. The molecule has 0 spiro atoms. The number of carbonyl (C=O) groups is 1. The van der Waals surface area contributed by atoms with Crippen molar-refractivity contribution in [2.24, 2.45) is 0 Å². The molecule has 1 rings (SSSR count). The van der Waals surface area contributed by atoms with Gasteiger partial charge in [-0.2, -0.15) is 0 Å². The molecule has 5 nitrogen and oxygen atoms in total. The first kappa shape index (κ1) is 11.9. The molecular weight excluding hydrogens is 212 g/mol. The van der Waals surface area contributed by atoms with Crippen molar-refractivity contribution in [2.45, 2.75) is 33.2 Å². The summed E-state index contributed by atoms with van der Waals surface area (Å²) in [6, 6.07) is 0.170. The predicted molar refractivity (Wildman–Crippen MR) is 61.3 cm³/mol. The van der Waals surface area contributed by atoms with Gasteiger partial charge in [0, 0.05) is 12.6 Å². The highest BCUT2D eigenvalue weighted by Crippen LogP contribution is 2.14. The standard InChI is InChI=1S/C9H16N4OS/c1-4-6(3)11-7(14)8-12-13-9(15-8)10-5-2/h6H,4-5H2,1-3H3,(H,10,13)(H,11,14). The van der Waals surface area contributed by atoms with Gasteiger partial charge in [0.15, 0.2) is 0 Å². The number of rotatable bonds is 5. The molecule has 6 heteroatoms. The zero-order valence-electron chi connectivity index (χ0n) is 9.20. The second-order valence-electron chi connectivity index (χ2n) is 3.23. The Morgan fingerprint density at radius 2 is 2.20 bits per heavy atom. The first-order chi connectivity index (χ1) is 7.17. The zero-order chi connectivity index (χ0) is 11.3. The smallest absolute Gasteiger partial charge is 0.282 e. The van der Waals surface area contributed by atoms with Crippen LogP contribution in [0.25, 0.3) is 0 Å². The Hall–Kier alpha value is -1.17. The summed E-state index contributed by atoms with van der Waals surface area (Å²) in [5.41, 5.74) is 0. The topological polar surface area (TPSA) is 66.9 Å². The number of anilines is 1. The fourth-order valence-corrected chi connectivity index (χ4v) is 1.64. The SMILES string of the molecule is CCNc1nnc(C(=O)NC(C)CC)s1. The van der Waals surface area contributed by atoms with E-state index in [-0.39, 0.29) is 11.9 Å². The van der Waals surface area contributed by atoms with E-state index in [1.165, 1.54) is 11.3 Å². The van der Waals surface area contributed by atoms with E-state index in [0.717, 1.165) is 13.0 Å². The molecule has 1 heterocycles. The van der Waals surface area contributed by atoms with Gasteiger partial charge in [0.2, 0.25) is 10.1 Å². The molecule has 1 atom stereocenters. The van der Waals surface area contributed by atoms with Crippen molar-refractivity contribution in [2.75, 3.05) is 11.9 Å². The lowest BCUT2D eigenvalue weighted by molar-refractivity contribution is 0.0938. The van der Waals surface area contributed by atoms with E-state index in [1.54, 1.807) is 0 Å². The van der Waals surface area contributed by atoms with Crippen molar-refractivity contribution >= 4 is 22.4 Å². The van der Waals surface area contributed by atoms with Crippen LogP contribution in [0, 0.1) is 0 Å². The zero-order valence-corrected chi connectivity index (χ0v) is 10.0. The molecule has 1 aromatic heterocycles. The van der Waals surface area contributed by atoms with Crippen LogP contribution in [-0.4, -0.2) is 28.7 Å². The number of amides is 1. The van der Waals surface area contributed by atoms with Crippen LogP contribution >= 0.6 is 11.3 Å². The molecule has 0 aliphatic rings. The normalized spacial score (nSPS) is 12.2. The van der Waals surface area contributed by atoms with Gasteiger partial charge < -0.3 is 10.6 Å². The van der Waals surface area contributed by atoms with Crippen molar-refractivity contribution in [3.8, 4) is 0 Å². The van der Waals surface area contributed by atoms with Gasteiger partial charge in [-0.05, 0) is 20.3 Å². The quantitative estimate of drug-likeness (QED) is 0.801. The largest absolute Gasteiger partial charge is 0.360 e. The van der Waals surface area contributed by atoms with Crippen LogP contribution < -0.4 is 10.6 Å². The van der Waals surface area contributed by atoms with Gasteiger partial charge in [-0.1, -0.05) is 18.3 Å². The Morgan fingerprint density at radius 1 is 1.47 bits per heavy atom. The summed E-state index contributed by atoms with van der Waals surface area (Å²) in [5.74, 6) is -0.147. The van der Waals surface area contributed by atoms with E-state index in [0.29, 0.717) is 10.1 Å². The van der Waals surface area contributed by atoms with Gasteiger partial charge in [0.25, 0.3) is 5.91 Å². The van der Waals surface area contributed by atoms with Gasteiger partial charge in [0.05, 0.1) is 0 Å². The summed E-state index contributed by atoms with van der Waals surface area (Å²) in [5, 5.41) is 14.6. The third-order valence-electron chi connectivity index (χ3n) is 1.94. The lowest BCUT2D eigenvalue weighted by atomic mass is 10.2. The average Bonchev–Trinajstić information content (AvgIpc) is 2.67. The molecule has 15 heavy (non-hydrogen) atoms. The summed E-state index contributed by atoms with van der Waals surface area (Å²) in [4.78, 5) is 11.6. The maximum Gasteiger partial charge on any atom is 0.282 e. The second kappa shape index (κ2) is 5.65. The number of carbonyl (C=O) groups excluding carboxylic acids is 1. The number of nitrogens with one attached hydrogen (secondary N) is 2. The maximum absolute atomic E-state index is 11.6. The van der Waals surface area contributed by atoms with Crippen molar-refractivity contribution < 1.29 is 4.79 Å². The number of hydrogen-bond acceptors (Lipinski definition) is 5. The summed E-state index contributed by atoms with van der Waals surface area (Å²) in [6.07, 6.45) is 0.907. The molecule has 0 aromatic carbocycles. The minimum absolute atomic E-state index is 0.147. The van der Waals surface area contributed by atoms with Gasteiger partial charge in [-0.3, -0.25) is 4.79 Å². The van der Waals surface area contributed by atoms with Crippen molar-refractivity contribution in [1.82, 2.24) is 15.5 Å². The third kappa shape index (κ3) is 3.47. The van der Waals surface area contributed by atoms with Crippen molar-refractivity contribution in [1.29, 1.82) is 0 Å². The number of nitrogens with zero attached hydrogens (tertiary/aromatic N) is 2. The Morgan fingerprint density at radius 3 is 2.80 bits per heavy atom. The second-order valence-corrected chi connectivity index (χ2v) is 4.20. The Labute approximate surface area is 93.3 Å². The van der Waals surface area contributed by atoms with Gasteiger partial charge in [-0.15, -0.1) is 10.2 Å². The molecular formula is C9H16N4OS. The minimum Gasteiger partial charge on any atom is -0.360 e. The molecule has 0 radical (unpaired) electrons. The Kier molecular flexibility index (Phi) is 4.48. The van der Waals surface area contributed by atoms with Crippen LogP contribution in [0.3, 0.4) is 0 Å². The fraction of sp³-hybridized carbons (Fsp3) is 0.667. The Bertz CT molecular complexity index is 326. The van der Waals surface area contributed by atoms with Crippen LogP contribution in [0.4, 0.5) is 5.13 Å². The van der Waals surface area contributed by atoms with E-state index in [1.807, 2.05) is 20.8 Å². The Balaban J connectivity index is 2.58. The van der Waals surface area contributed by atoms with Crippen LogP contribution in [-0.2, 0) is 0 Å². The first-order valence-electron chi connectivity index (χ1n) is 5.05. The van der Waals surface area contributed by atoms with E-state index in [9.17, 15) is 4.79 Å². The first-order valence-corrected chi connectivity index (χ1v) is 5.87. The molecule has 1 aromatic rings. The van der Waals surface area contributed by atoms with E-state index in [4.69, 9.17) is 0 Å². The van der Waals surface area contributed by atoms with Crippen LogP contribution in [0.1, 0.15) is 37.0 Å². The highest BCUT2D eigenvalue weighted by molar-refractivity contribution is 7.17. The van der Waals surface area contributed by atoms with Gasteiger partial charge >= 0.3 is 0 Å². The highest BCUT2D eigenvalue weighted by Gasteiger charge is 2.13. The lowest BCUT2D eigenvalue weighted by Gasteiger charge is -2.08. The highest BCUT2D eigenvalue weighted by atomic mass is 32.1. The summed E-state index contributed by atoms with van der Waals surface area (Å²) >= 11 is 1.27. The van der Waals surface area contributed by atoms with E-state index in [2.05, 4.69) is 20.8 Å². The predicted octanol–water partition coefficient (Wildman–Crippen LogP) is 1.50. The molecule has 0 aliphatic carbocycles. The average molecular weight is 228 g/mol. The van der Waals surface area contributed by atoms with Crippen molar-refractivity contribution in [3.05, 3.63) is 5.01 Å². The molecule has 0 fully saturated rings. The van der Waals surface area contributed by atoms with E-state index >= 15 is 0 Å². The van der Waals surface area contributed by atoms with Crippen LogP contribution in [0.2, 0.25) is 0 Å². The maximum atomic E-state index is 11.6. The molecule has 0 saturated carbocycles. The molecule has 0 bridgehead atoms. The monoisotopic (exact) mass is 228 g/mol. The molecule has 1 unspecified atom stereocenters. The third-order valence-corrected chi connectivity index (χ3v) is 2.82. The molecule has 0 aliphatic heterocycles. The number of hydrogen-bond donors (Lipinski definition) is 2. The molecule has 1 amide bonds. The minimum atomic E-state index is -0.147. The van der Waals surface area contributed by atoms with Crippen molar-refractivity contribution in [3.63, 3.8) is 0 Å². The molecule has 2 N–H and O–H groups in total. The fourth-order valence-electron chi connectivity index (χ4n) is 0.925. The lowest BCUT2D eigenvalue weighted by Crippen LogP contribution is -2.31. The van der Waals surface area contributed by atoms with Crippen LogP contribution in [0.15, 0.2) is 0 Å². The van der Waals surface area contributed by atoms with Gasteiger partial charge in [-0.25, -0.2) is 0 Å². The van der Waals surface area contributed by atoms with E-state index < -0.39 is 0 Å². The summed E-state index contributed by atoms with van der Waals surface area (Å²) < 4.78 is 0. The summed E-state index contributed by atoms with van der Waals surface area (Å²) in [7, 11) is 0.